The number of aromatic nitrogens is 4. The van der Waals surface area contributed by atoms with Crippen LogP contribution in [0.25, 0.3) is 5.78 Å². The lowest BCUT2D eigenvalue weighted by atomic mass is 10.1. The van der Waals surface area contributed by atoms with Crippen LogP contribution in [0, 0.1) is 12.8 Å². The molecule has 1 unspecified atom stereocenters. The van der Waals surface area contributed by atoms with Crippen LogP contribution >= 0.6 is 11.6 Å². The summed E-state index contributed by atoms with van der Waals surface area (Å²) in [6, 6.07) is 2.07. The predicted octanol–water partition coefficient (Wildman–Crippen LogP) is 1.89. The number of fused-ring (bicyclic) bond motifs is 1. The summed E-state index contributed by atoms with van der Waals surface area (Å²) in [5, 5.41) is 4.25. The van der Waals surface area contributed by atoms with Crippen molar-refractivity contribution in [2.45, 2.75) is 19.8 Å². The third kappa shape index (κ3) is 2.03. The fraction of sp³-hybridized carbons (Fsp3) is 0.583. The van der Waals surface area contributed by atoms with E-state index in [1.54, 1.807) is 6.33 Å². The van der Waals surface area contributed by atoms with Gasteiger partial charge in [0.1, 0.15) is 12.1 Å². The van der Waals surface area contributed by atoms with E-state index in [0.717, 1.165) is 36.9 Å². The summed E-state index contributed by atoms with van der Waals surface area (Å²) < 4.78 is 1.82. The molecule has 0 spiro atoms. The minimum Gasteiger partial charge on any atom is -0.356 e. The Bertz CT molecular complexity index is 552. The number of alkyl halides is 1. The summed E-state index contributed by atoms with van der Waals surface area (Å²) in [4.78, 5) is 10.9. The van der Waals surface area contributed by atoms with Crippen LogP contribution in [0.2, 0.25) is 0 Å². The van der Waals surface area contributed by atoms with Crippen LogP contribution in [0.5, 0.6) is 0 Å². The SMILES string of the molecule is Cc1cc(N2CCC(CCCl)C2)n2ncnc2n1. The van der Waals surface area contributed by atoms with Gasteiger partial charge in [0.25, 0.3) is 5.78 Å². The summed E-state index contributed by atoms with van der Waals surface area (Å²) in [5.41, 5.74) is 0.978. The molecule has 2 aromatic rings. The van der Waals surface area contributed by atoms with Gasteiger partial charge in [-0.1, -0.05) is 0 Å². The molecule has 5 nitrogen and oxygen atoms in total. The summed E-state index contributed by atoms with van der Waals surface area (Å²) in [6.07, 6.45) is 3.84. The molecule has 1 fully saturated rings. The molecule has 1 saturated heterocycles. The molecule has 2 aromatic heterocycles. The number of hydrogen-bond donors (Lipinski definition) is 0. The molecule has 6 heteroatoms. The fourth-order valence-corrected chi connectivity index (χ4v) is 2.88. The Morgan fingerprint density at radius 2 is 2.39 bits per heavy atom. The molecule has 0 saturated carbocycles. The monoisotopic (exact) mass is 265 g/mol. The molecule has 0 amide bonds. The van der Waals surface area contributed by atoms with Crippen LogP contribution in [-0.2, 0) is 0 Å². The first-order valence-corrected chi connectivity index (χ1v) is 6.79. The standard InChI is InChI=1S/C12H16ClN5/c1-9-6-11(18-12(16-9)14-8-15-18)17-5-3-10(7-17)2-4-13/h6,8,10H,2-5,7H2,1H3. The maximum Gasteiger partial charge on any atom is 0.254 e. The highest BCUT2D eigenvalue weighted by atomic mass is 35.5. The molecule has 0 N–H and O–H groups in total. The van der Waals surface area contributed by atoms with Gasteiger partial charge in [0.2, 0.25) is 0 Å². The largest absolute Gasteiger partial charge is 0.356 e. The smallest absolute Gasteiger partial charge is 0.254 e. The van der Waals surface area contributed by atoms with Crippen LogP contribution < -0.4 is 4.90 Å². The molecular weight excluding hydrogens is 250 g/mol. The van der Waals surface area contributed by atoms with E-state index in [0.29, 0.717) is 11.7 Å². The van der Waals surface area contributed by atoms with E-state index in [-0.39, 0.29) is 0 Å². The van der Waals surface area contributed by atoms with Crippen molar-refractivity contribution in [2.24, 2.45) is 5.92 Å². The fourth-order valence-electron chi connectivity index (χ4n) is 2.57. The van der Waals surface area contributed by atoms with Gasteiger partial charge in [-0.25, -0.2) is 4.98 Å². The number of hydrogen-bond acceptors (Lipinski definition) is 4. The van der Waals surface area contributed by atoms with E-state index in [2.05, 4.69) is 26.0 Å². The molecule has 1 aliphatic heterocycles. The van der Waals surface area contributed by atoms with Crippen molar-refractivity contribution in [3.63, 3.8) is 0 Å². The highest BCUT2D eigenvalue weighted by molar-refractivity contribution is 6.17. The maximum atomic E-state index is 5.82. The lowest BCUT2D eigenvalue weighted by Gasteiger charge is -2.19. The molecule has 0 aromatic carbocycles. The van der Waals surface area contributed by atoms with Crippen LogP contribution in [0.3, 0.4) is 0 Å². The third-order valence-electron chi connectivity index (χ3n) is 3.49. The normalized spacial score (nSPS) is 19.9. The van der Waals surface area contributed by atoms with E-state index in [1.165, 1.54) is 6.42 Å². The van der Waals surface area contributed by atoms with Crippen molar-refractivity contribution in [1.29, 1.82) is 0 Å². The Morgan fingerprint density at radius 3 is 3.22 bits per heavy atom. The van der Waals surface area contributed by atoms with Crippen molar-refractivity contribution < 1.29 is 0 Å². The zero-order valence-electron chi connectivity index (χ0n) is 10.4. The highest BCUT2D eigenvalue weighted by Crippen LogP contribution is 2.26. The topological polar surface area (TPSA) is 46.3 Å². The van der Waals surface area contributed by atoms with Gasteiger partial charge in [0, 0.05) is 30.7 Å². The predicted molar refractivity (Wildman–Crippen MR) is 71.2 cm³/mol. The lowest BCUT2D eigenvalue weighted by Crippen LogP contribution is -2.23. The first-order chi connectivity index (χ1) is 8.78. The second-order valence-corrected chi connectivity index (χ2v) is 5.18. The van der Waals surface area contributed by atoms with Crippen molar-refractivity contribution >= 4 is 23.2 Å². The lowest BCUT2D eigenvalue weighted by molar-refractivity contribution is 0.571. The van der Waals surface area contributed by atoms with E-state index < -0.39 is 0 Å². The minimum absolute atomic E-state index is 0.672. The van der Waals surface area contributed by atoms with Crippen molar-refractivity contribution in [3.05, 3.63) is 18.1 Å². The average molecular weight is 266 g/mol. The first-order valence-electron chi connectivity index (χ1n) is 6.26. The van der Waals surface area contributed by atoms with Gasteiger partial charge >= 0.3 is 0 Å². The van der Waals surface area contributed by atoms with Crippen LogP contribution in [0.1, 0.15) is 18.5 Å². The number of anilines is 1. The van der Waals surface area contributed by atoms with Crippen LogP contribution in [0.4, 0.5) is 5.82 Å². The summed E-state index contributed by atoms with van der Waals surface area (Å²) in [6.45, 7) is 4.09. The molecule has 1 aliphatic rings. The van der Waals surface area contributed by atoms with E-state index >= 15 is 0 Å². The molecule has 3 heterocycles. The van der Waals surface area contributed by atoms with Gasteiger partial charge in [-0.05, 0) is 25.7 Å². The minimum atomic E-state index is 0.672. The van der Waals surface area contributed by atoms with E-state index in [1.807, 2.05) is 11.4 Å². The summed E-state index contributed by atoms with van der Waals surface area (Å²) in [5.74, 6) is 3.19. The number of rotatable bonds is 3. The number of nitrogens with zero attached hydrogens (tertiary/aromatic N) is 5. The van der Waals surface area contributed by atoms with E-state index in [9.17, 15) is 0 Å². The maximum absolute atomic E-state index is 5.82. The molecule has 0 aliphatic carbocycles. The molecule has 1 atom stereocenters. The Hall–Kier alpha value is -1.36. The summed E-state index contributed by atoms with van der Waals surface area (Å²) >= 11 is 5.82. The van der Waals surface area contributed by atoms with Crippen LogP contribution in [-0.4, -0.2) is 38.6 Å². The zero-order chi connectivity index (χ0) is 12.5. The molecule has 18 heavy (non-hydrogen) atoms. The Kier molecular flexibility index (Phi) is 3.07. The van der Waals surface area contributed by atoms with Gasteiger partial charge in [-0.2, -0.15) is 14.6 Å². The number of aryl methyl sites for hydroxylation is 1. The molecule has 0 bridgehead atoms. The second kappa shape index (κ2) is 4.72. The Labute approximate surface area is 111 Å². The highest BCUT2D eigenvalue weighted by Gasteiger charge is 2.24. The zero-order valence-corrected chi connectivity index (χ0v) is 11.1. The van der Waals surface area contributed by atoms with Gasteiger partial charge in [0.15, 0.2) is 0 Å². The first kappa shape index (κ1) is 11.7. The Morgan fingerprint density at radius 1 is 1.50 bits per heavy atom. The molecule has 0 radical (unpaired) electrons. The second-order valence-electron chi connectivity index (χ2n) is 4.81. The van der Waals surface area contributed by atoms with E-state index in [4.69, 9.17) is 11.6 Å². The van der Waals surface area contributed by atoms with Crippen molar-refractivity contribution in [3.8, 4) is 0 Å². The van der Waals surface area contributed by atoms with Gasteiger partial charge in [-0.3, -0.25) is 0 Å². The van der Waals surface area contributed by atoms with Gasteiger partial charge in [-0.15, -0.1) is 11.6 Å². The summed E-state index contributed by atoms with van der Waals surface area (Å²) in [7, 11) is 0. The van der Waals surface area contributed by atoms with Crippen molar-refractivity contribution in [1.82, 2.24) is 19.6 Å². The molecular formula is C12H16ClN5. The molecule has 3 rings (SSSR count). The van der Waals surface area contributed by atoms with Gasteiger partial charge < -0.3 is 4.90 Å². The third-order valence-corrected chi connectivity index (χ3v) is 3.71. The Balaban J connectivity index is 1.92. The van der Waals surface area contributed by atoms with Crippen molar-refractivity contribution in [2.75, 3.05) is 23.9 Å². The van der Waals surface area contributed by atoms with Crippen LogP contribution in [0.15, 0.2) is 12.4 Å². The van der Waals surface area contributed by atoms with Gasteiger partial charge in [0.05, 0.1) is 0 Å². The quantitative estimate of drug-likeness (QED) is 0.795. The molecule has 96 valence electrons. The average Bonchev–Trinajstić information content (AvgIpc) is 2.96. The number of halogens is 1.